The lowest BCUT2D eigenvalue weighted by Crippen LogP contribution is -2.45. The Morgan fingerprint density at radius 2 is 2.08 bits per heavy atom. The molecular weight excluding hydrogens is 152 g/mol. The van der Waals surface area contributed by atoms with Crippen LogP contribution in [-0.2, 0) is 4.74 Å². The highest BCUT2D eigenvalue weighted by molar-refractivity contribution is 4.87. The van der Waals surface area contributed by atoms with Gasteiger partial charge >= 0.3 is 0 Å². The van der Waals surface area contributed by atoms with Gasteiger partial charge in [0.15, 0.2) is 0 Å². The van der Waals surface area contributed by atoms with Crippen LogP contribution in [0.25, 0.3) is 0 Å². The van der Waals surface area contributed by atoms with Gasteiger partial charge in [0.25, 0.3) is 0 Å². The van der Waals surface area contributed by atoms with E-state index in [1.165, 1.54) is 0 Å². The van der Waals surface area contributed by atoms with Crippen molar-refractivity contribution in [3.8, 4) is 0 Å². The lowest BCUT2D eigenvalue weighted by molar-refractivity contribution is -0.121. The predicted octanol–water partition coefficient (Wildman–Crippen LogP) is 1.96. The Morgan fingerprint density at radius 3 is 2.50 bits per heavy atom. The van der Waals surface area contributed by atoms with E-state index in [1.54, 1.807) is 0 Å². The molecule has 0 radical (unpaired) electrons. The van der Waals surface area contributed by atoms with Crippen LogP contribution in [0.4, 0.5) is 0 Å². The molecule has 2 nitrogen and oxygen atoms in total. The highest BCUT2D eigenvalue weighted by Gasteiger charge is 2.36. The van der Waals surface area contributed by atoms with E-state index in [9.17, 15) is 5.11 Å². The van der Waals surface area contributed by atoms with E-state index in [2.05, 4.69) is 13.8 Å². The second-order valence-corrected chi connectivity index (χ2v) is 3.77. The Hall–Kier alpha value is -0.0800. The monoisotopic (exact) mass is 172 g/mol. The highest BCUT2D eigenvalue weighted by atomic mass is 16.5. The minimum absolute atomic E-state index is 0.415. The molecule has 1 saturated heterocycles. The fourth-order valence-corrected chi connectivity index (χ4v) is 2.17. The SMILES string of the molecule is CCC(CC)C1(O)CCCOC1. The van der Waals surface area contributed by atoms with Gasteiger partial charge in [-0.05, 0) is 18.8 Å². The summed E-state index contributed by atoms with van der Waals surface area (Å²) in [6, 6.07) is 0. The normalized spacial score (nSPS) is 31.0. The summed E-state index contributed by atoms with van der Waals surface area (Å²) < 4.78 is 5.32. The van der Waals surface area contributed by atoms with E-state index < -0.39 is 5.60 Å². The molecule has 1 heterocycles. The summed E-state index contributed by atoms with van der Waals surface area (Å²) in [6.45, 7) is 5.64. The third-order valence-corrected chi connectivity index (χ3v) is 3.00. The predicted molar refractivity (Wildman–Crippen MR) is 49.1 cm³/mol. The lowest BCUT2D eigenvalue weighted by Gasteiger charge is -2.38. The molecule has 0 amide bonds. The van der Waals surface area contributed by atoms with Gasteiger partial charge in [-0.3, -0.25) is 0 Å². The van der Waals surface area contributed by atoms with Crippen molar-refractivity contribution >= 4 is 0 Å². The molecule has 12 heavy (non-hydrogen) atoms. The largest absolute Gasteiger partial charge is 0.387 e. The van der Waals surface area contributed by atoms with Gasteiger partial charge in [0.2, 0.25) is 0 Å². The zero-order valence-corrected chi connectivity index (χ0v) is 8.18. The van der Waals surface area contributed by atoms with Crippen LogP contribution >= 0.6 is 0 Å². The van der Waals surface area contributed by atoms with Crippen LogP contribution in [0.15, 0.2) is 0 Å². The summed E-state index contributed by atoms with van der Waals surface area (Å²) in [5, 5.41) is 10.2. The smallest absolute Gasteiger partial charge is 0.0908 e. The van der Waals surface area contributed by atoms with E-state index in [0.29, 0.717) is 12.5 Å². The van der Waals surface area contributed by atoms with Crippen LogP contribution in [-0.4, -0.2) is 23.9 Å². The maximum Gasteiger partial charge on any atom is 0.0908 e. The van der Waals surface area contributed by atoms with E-state index in [-0.39, 0.29) is 0 Å². The van der Waals surface area contributed by atoms with Gasteiger partial charge in [0, 0.05) is 6.61 Å². The van der Waals surface area contributed by atoms with Gasteiger partial charge in [0.05, 0.1) is 12.2 Å². The third kappa shape index (κ3) is 1.99. The molecule has 1 atom stereocenters. The molecule has 0 aromatic heterocycles. The molecule has 1 rings (SSSR count). The fraction of sp³-hybridized carbons (Fsp3) is 1.00. The Balaban J connectivity index is 2.53. The van der Waals surface area contributed by atoms with Gasteiger partial charge in [0.1, 0.15) is 0 Å². The summed E-state index contributed by atoms with van der Waals surface area (Å²) >= 11 is 0. The van der Waals surface area contributed by atoms with Crippen molar-refractivity contribution in [2.24, 2.45) is 5.92 Å². The number of hydrogen-bond donors (Lipinski definition) is 1. The minimum Gasteiger partial charge on any atom is -0.387 e. The molecule has 0 aliphatic carbocycles. The first kappa shape index (κ1) is 10.0. The van der Waals surface area contributed by atoms with E-state index in [0.717, 1.165) is 32.3 Å². The molecule has 2 heteroatoms. The molecule has 1 aliphatic rings. The zero-order chi connectivity index (χ0) is 9.03. The number of ether oxygens (including phenoxy) is 1. The van der Waals surface area contributed by atoms with Crippen molar-refractivity contribution in [3.63, 3.8) is 0 Å². The van der Waals surface area contributed by atoms with Crippen molar-refractivity contribution < 1.29 is 9.84 Å². The number of hydrogen-bond acceptors (Lipinski definition) is 2. The van der Waals surface area contributed by atoms with Crippen molar-refractivity contribution in [2.75, 3.05) is 13.2 Å². The Morgan fingerprint density at radius 1 is 1.42 bits per heavy atom. The molecule has 1 N–H and O–H groups in total. The number of aliphatic hydroxyl groups is 1. The highest BCUT2D eigenvalue weighted by Crippen LogP contribution is 2.31. The molecule has 0 saturated carbocycles. The van der Waals surface area contributed by atoms with E-state index in [1.807, 2.05) is 0 Å². The Labute approximate surface area is 74.9 Å². The van der Waals surface area contributed by atoms with Gasteiger partial charge in [-0.2, -0.15) is 0 Å². The van der Waals surface area contributed by atoms with Gasteiger partial charge in [-0.1, -0.05) is 26.7 Å². The number of rotatable bonds is 3. The molecule has 1 unspecified atom stereocenters. The molecule has 0 spiro atoms. The molecule has 0 aromatic rings. The molecule has 1 fully saturated rings. The van der Waals surface area contributed by atoms with Gasteiger partial charge in [-0.25, -0.2) is 0 Å². The van der Waals surface area contributed by atoms with Gasteiger partial charge < -0.3 is 9.84 Å². The second kappa shape index (κ2) is 4.24. The Kier molecular flexibility index (Phi) is 3.53. The Bertz CT molecular complexity index is 124. The van der Waals surface area contributed by atoms with Crippen molar-refractivity contribution in [1.82, 2.24) is 0 Å². The molecular formula is C10H20O2. The average molecular weight is 172 g/mol. The topological polar surface area (TPSA) is 29.5 Å². The van der Waals surface area contributed by atoms with Crippen LogP contribution in [0.3, 0.4) is 0 Å². The van der Waals surface area contributed by atoms with Crippen LogP contribution in [0.5, 0.6) is 0 Å². The first-order valence-electron chi connectivity index (χ1n) is 5.03. The maximum absolute atomic E-state index is 10.2. The summed E-state index contributed by atoms with van der Waals surface area (Å²) in [4.78, 5) is 0. The minimum atomic E-state index is -0.526. The summed E-state index contributed by atoms with van der Waals surface area (Å²) in [5.41, 5.74) is -0.526. The van der Waals surface area contributed by atoms with Crippen molar-refractivity contribution in [3.05, 3.63) is 0 Å². The molecule has 72 valence electrons. The quantitative estimate of drug-likeness (QED) is 0.705. The molecule has 0 aromatic carbocycles. The van der Waals surface area contributed by atoms with E-state index in [4.69, 9.17) is 4.74 Å². The first-order chi connectivity index (χ1) is 5.73. The third-order valence-electron chi connectivity index (χ3n) is 3.00. The lowest BCUT2D eigenvalue weighted by atomic mass is 9.80. The van der Waals surface area contributed by atoms with Crippen LogP contribution in [0, 0.1) is 5.92 Å². The summed E-state index contributed by atoms with van der Waals surface area (Å²) in [7, 11) is 0. The van der Waals surface area contributed by atoms with Crippen molar-refractivity contribution in [1.29, 1.82) is 0 Å². The zero-order valence-electron chi connectivity index (χ0n) is 8.18. The van der Waals surface area contributed by atoms with Crippen LogP contribution < -0.4 is 0 Å². The second-order valence-electron chi connectivity index (χ2n) is 3.77. The standard InChI is InChI=1S/C10H20O2/c1-3-9(4-2)10(11)6-5-7-12-8-10/h9,11H,3-8H2,1-2H3. The van der Waals surface area contributed by atoms with Crippen molar-refractivity contribution in [2.45, 2.75) is 45.1 Å². The van der Waals surface area contributed by atoms with E-state index >= 15 is 0 Å². The van der Waals surface area contributed by atoms with Crippen LogP contribution in [0.1, 0.15) is 39.5 Å². The first-order valence-corrected chi connectivity index (χ1v) is 5.03. The summed E-state index contributed by atoms with van der Waals surface area (Å²) in [6.07, 6.45) is 4.03. The fourth-order valence-electron chi connectivity index (χ4n) is 2.17. The maximum atomic E-state index is 10.2. The van der Waals surface area contributed by atoms with Crippen LogP contribution in [0.2, 0.25) is 0 Å². The van der Waals surface area contributed by atoms with Gasteiger partial charge in [-0.15, -0.1) is 0 Å². The average Bonchev–Trinajstić information content (AvgIpc) is 2.07. The molecule has 1 aliphatic heterocycles. The summed E-state index contributed by atoms with van der Waals surface area (Å²) in [5.74, 6) is 0.415. The molecule has 0 bridgehead atoms.